The van der Waals surface area contributed by atoms with E-state index >= 15 is 0 Å². The fourth-order valence-corrected chi connectivity index (χ4v) is 2.52. The molecule has 0 spiro atoms. The van der Waals surface area contributed by atoms with E-state index in [2.05, 4.69) is 33.0 Å². The van der Waals surface area contributed by atoms with Gasteiger partial charge >= 0.3 is 0 Å². The lowest BCUT2D eigenvalue weighted by molar-refractivity contribution is -0.0779. The van der Waals surface area contributed by atoms with Crippen LogP contribution >= 0.6 is 0 Å². The van der Waals surface area contributed by atoms with Gasteiger partial charge in [-0.2, -0.15) is 0 Å². The van der Waals surface area contributed by atoms with Crippen molar-refractivity contribution in [1.29, 1.82) is 0 Å². The molecule has 0 aromatic rings. The van der Waals surface area contributed by atoms with Crippen LogP contribution in [-0.2, 0) is 4.74 Å². The Hall–Kier alpha value is -0.0800. The Labute approximate surface area is 108 Å². The maximum atomic E-state index is 6.27. The molecule has 2 heteroatoms. The van der Waals surface area contributed by atoms with Gasteiger partial charge in [-0.15, -0.1) is 0 Å². The highest BCUT2D eigenvalue weighted by molar-refractivity contribution is 4.88. The Morgan fingerprint density at radius 3 is 2.47 bits per heavy atom. The van der Waals surface area contributed by atoms with Crippen LogP contribution in [0.4, 0.5) is 0 Å². The van der Waals surface area contributed by atoms with Crippen LogP contribution in [0, 0.1) is 11.8 Å². The summed E-state index contributed by atoms with van der Waals surface area (Å²) in [5, 5.41) is 3.49. The van der Waals surface area contributed by atoms with Crippen LogP contribution in [0.2, 0.25) is 0 Å². The molecule has 0 aliphatic heterocycles. The summed E-state index contributed by atoms with van der Waals surface area (Å²) in [6.07, 6.45) is 6.31. The second-order valence-corrected chi connectivity index (χ2v) is 6.18. The first kappa shape index (κ1) is 15.0. The van der Waals surface area contributed by atoms with Gasteiger partial charge in [0.2, 0.25) is 0 Å². The van der Waals surface area contributed by atoms with E-state index in [9.17, 15) is 0 Å². The summed E-state index contributed by atoms with van der Waals surface area (Å²) in [4.78, 5) is 0. The summed E-state index contributed by atoms with van der Waals surface area (Å²) in [7, 11) is 0. The normalized spacial score (nSPS) is 29.8. The number of nitrogens with one attached hydrogen (secondary N) is 1. The molecular formula is C15H31NO. The van der Waals surface area contributed by atoms with Crippen LogP contribution in [0.5, 0.6) is 0 Å². The van der Waals surface area contributed by atoms with Crippen molar-refractivity contribution in [3.05, 3.63) is 0 Å². The first-order valence-electron chi connectivity index (χ1n) is 7.42. The smallest absolute Gasteiger partial charge is 0.0806 e. The molecule has 0 unspecified atom stereocenters. The molecule has 17 heavy (non-hydrogen) atoms. The number of hydrogen-bond donors (Lipinski definition) is 1. The van der Waals surface area contributed by atoms with Gasteiger partial charge in [0, 0.05) is 13.2 Å². The van der Waals surface area contributed by atoms with Gasteiger partial charge in [-0.05, 0) is 50.5 Å². The number of hydrogen-bond acceptors (Lipinski definition) is 2. The minimum absolute atomic E-state index is 0.136. The van der Waals surface area contributed by atoms with E-state index in [0.717, 1.165) is 31.5 Å². The molecule has 0 aromatic carbocycles. The van der Waals surface area contributed by atoms with Crippen molar-refractivity contribution in [2.75, 3.05) is 19.7 Å². The third-order valence-electron chi connectivity index (χ3n) is 3.99. The predicted octanol–water partition coefficient (Wildman–Crippen LogP) is 3.61. The molecule has 102 valence electrons. The van der Waals surface area contributed by atoms with Crippen molar-refractivity contribution in [2.24, 2.45) is 11.8 Å². The van der Waals surface area contributed by atoms with Gasteiger partial charge in [0.1, 0.15) is 0 Å². The van der Waals surface area contributed by atoms with Gasteiger partial charge in [-0.25, -0.2) is 0 Å². The molecule has 1 fully saturated rings. The first-order valence-corrected chi connectivity index (χ1v) is 7.42. The minimum atomic E-state index is 0.136. The number of likely N-dealkylation sites (N-methyl/N-ethyl adjacent to an activating group) is 1. The highest BCUT2D eigenvalue weighted by Gasteiger charge is 2.34. The molecule has 0 atom stereocenters. The Kier molecular flexibility index (Phi) is 6.50. The van der Waals surface area contributed by atoms with Crippen molar-refractivity contribution in [3.63, 3.8) is 0 Å². The third-order valence-corrected chi connectivity index (χ3v) is 3.99. The molecule has 1 rings (SSSR count). The lowest BCUT2D eigenvalue weighted by Gasteiger charge is -2.39. The molecule has 0 heterocycles. The highest BCUT2D eigenvalue weighted by Crippen LogP contribution is 2.34. The second kappa shape index (κ2) is 7.38. The topological polar surface area (TPSA) is 21.3 Å². The van der Waals surface area contributed by atoms with E-state index < -0.39 is 0 Å². The molecule has 2 nitrogen and oxygen atoms in total. The minimum Gasteiger partial charge on any atom is -0.374 e. The second-order valence-electron chi connectivity index (χ2n) is 6.18. The van der Waals surface area contributed by atoms with Crippen molar-refractivity contribution >= 4 is 0 Å². The maximum absolute atomic E-state index is 6.27. The number of ether oxygens (including phenoxy) is 1. The van der Waals surface area contributed by atoms with Gasteiger partial charge < -0.3 is 10.1 Å². The summed E-state index contributed by atoms with van der Waals surface area (Å²) < 4.78 is 6.27. The Morgan fingerprint density at radius 1 is 1.29 bits per heavy atom. The van der Waals surface area contributed by atoms with Gasteiger partial charge in [0.05, 0.1) is 5.60 Å². The molecule has 0 saturated heterocycles. The Balaban J connectivity index is 2.41. The van der Waals surface area contributed by atoms with Crippen molar-refractivity contribution in [1.82, 2.24) is 5.32 Å². The molecule has 1 N–H and O–H groups in total. The standard InChI is InChI=1S/C15H31NO/c1-5-16-12-15(17-11-8-13(2)3)9-6-14(4)7-10-15/h13-14,16H,5-12H2,1-4H3. The van der Waals surface area contributed by atoms with E-state index in [0.29, 0.717) is 0 Å². The maximum Gasteiger partial charge on any atom is 0.0806 e. The molecule has 0 bridgehead atoms. The largest absolute Gasteiger partial charge is 0.374 e. The van der Waals surface area contributed by atoms with E-state index in [4.69, 9.17) is 4.74 Å². The quantitative estimate of drug-likeness (QED) is 0.735. The fourth-order valence-electron chi connectivity index (χ4n) is 2.52. The van der Waals surface area contributed by atoms with Gasteiger partial charge in [-0.3, -0.25) is 0 Å². The van der Waals surface area contributed by atoms with E-state index in [1.165, 1.54) is 32.1 Å². The Morgan fingerprint density at radius 2 is 1.94 bits per heavy atom. The van der Waals surface area contributed by atoms with Crippen molar-refractivity contribution in [2.45, 2.75) is 65.4 Å². The zero-order valence-corrected chi connectivity index (χ0v) is 12.2. The van der Waals surface area contributed by atoms with Crippen molar-refractivity contribution in [3.8, 4) is 0 Å². The Bertz CT molecular complexity index is 190. The molecule has 1 aliphatic rings. The summed E-state index contributed by atoms with van der Waals surface area (Å²) in [5.41, 5.74) is 0.136. The van der Waals surface area contributed by atoms with Gasteiger partial charge in [0.15, 0.2) is 0 Å². The summed E-state index contributed by atoms with van der Waals surface area (Å²) in [6, 6.07) is 0. The van der Waals surface area contributed by atoms with Crippen LogP contribution in [0.25, 0.3) is 0 Å². The fraction of sp³-hybridized carbons (Fsp3) is 1.00. The van der Waals surface area contributed by atoms with E-state index in [-0.39, 0.29) is 5.60 Å². The lowest BCUT2D eigenvalue weighted by atomic mass is 9.79. The summed E-state index contributed by atoms with van der Waals surface area (Å²) >= 11 is 0. The molecule has 0 radical (unpaired) electrons. The molecule has 1 saturated carbocycles. The van der Waals surface area contributed by atoms with Gasteiger partial charge in [0.25, 0.3) is 0 Å². The summed E-state index contributed by atoms with van der Waals surface area (Å²) in [5.74, 6) is 1.63. The first-order chi connectivity index (χ1) is 8.08. The monoisotopic (exact) mass is 241 g/mol. The average molecular weight is 241 g/mol. The SMILES string of the molecule is CCNCC1(OCCC(C)C)CCC(C)CC1. The summed E-state index contributed by atoms with van der Waals surface area (Å²) in [6.45, 7) is 12.1. The molecule has 1 aliphatic carbocycles. The molecule has 0 aromatic heterocycles. The average Bonchev–Trinajstić information content (AvgIpc) is 2.30. The third kappa shape index (κ3) is 5.39. The zero-order valence-electron chi connectivity index (χ0n) is 12.2. The lowest BCUT2D eigenvalue weighted by Crippen LogP contribution is -2.46. The molecular weight excluding hydrogens is 210 g/mol. The zero-order chi connectivity index (χ0) is 12.7. The highest BCUT2D eigenvalue weighted by atomic mass is 16.5. The predicted molar refractivity (Wildman–Crippen MR) is 74.3 cm³/mol. The van der Waals surface area contributed by atoms with Crippen LogP contribution in [0.1, 0.15) is 59.8 Å². The van der Waals surface area contributed by atoms with Crippen LogP contribution in [-0.4, -0.2) is 25.3 Å². The van der Waals surface area contributed by atoms with Crippen LogP contribution in [0.3, 0.4) is 0 Å². The van der Waals surface area contributed by atoms with E-state index in [1.54, 1.807) is 0 Å². The van der Waals surface area contributed by atoms with Crippen LogP contribution in [0.15, 0.2) is 0 Å². The van der Waals surface area contributed by atoms with E-state index in [1.807, 2.05) is 0 Å². The molecule has 0 amide bonds. The number of rotatable bonds is 7. The van der Waals surface area contributed by atoms with Crippen molar-refractivity contribution < 1.29 is 4.74 Å². The van der Waals surface area contributed by atoms with Gasteiger partial charge in [-0.1, -0.05) is 27.7 Å². The van der Waals surface area contributed by atoms with Crippen LogP contribution < -0.4 is 5.32 Å².